The van der Waals surface area contributed by atoms with Gasteiger partial charge in [-0.25, -0.2) is 14.8 Å². The summed E-state index contributed by atoms with van der Waals surface area (Å²) in [5, 5.41) is 2.66. The molecule has 0 atom stereocenters. The molecule has 1 aliphatic carbocycles. The number of alkyl halides is 3. The van der Waals surface area contributed by atoms with Crippen molar-refractivity contribution in [1.82, 2.24) is 24.4 Å². The molecule has 0 aliphatic heterocycles. The molecule has 12 heteroatoms. The number of hydrogen-bond acceptors (Lipinski definition) is 5. The highest BCUT2D eigenvalue weighted by atomic mass is 35.5. The molecule has 8 nitrogen and oxygen atoms in total. The summed E-state index contributed by atoms with van der Waals surface area (Å²) in [4.78, 5) is 33.8. The van der Waals surface area contributed by atoms with Crippen LogP contribution in [-0.4, -0.2) is 38.2 Å². The van der Waals surface area contributed by atoms with Crippen molar-refractivity contribution in [1.29, 1.82) is 0 Å². The number of aromatic nitrogens is 4. The summed E-state index contributed by atoms with van der Waals surface area (Å²) < 4.78 is 48.5. The van der Waals surface area contributed by atoms with Gasteiger partial charge in [-0.1, -0.05) is 23.7 Å². The molecule has 39 heavy (non-hydrogen) atoms. The maximum atomic E-state index is 13.5. The second-order valence-corrected chi connectivity index (χ2v) is 9.95. The predicted octanol–water partition coefficient (Wildman–Crippen LogP) is 5.25. The maximum absolute atomic E-state index is 13.5. The lowest BCUT2D eigenvalue weighted by Crippen LogP contribution is -2.39. The fourth-order valence-electron chi connectivity index (χ4n) is 5.11. The fourth-order valence-corrected chi connectivity index (χ4v) is 5.27. The molecule has 1 fully saturated rings. The molecule has 3 aromatic heterocycles. The van der Waals surface area contributed by atoms with Crippen LogP contribution < -0.4 is 15.7 Å². The summed E-state index contributed by atoms with van der Waals surface area (Å²) in [7, 11) is 1.52. The fraction of sp³-hybridized carbons (Fsp3) is 0.333. The SMILES string of the molecule is COc1ccc(-n2c(=O)n(C[C@H]3CC[C@H](NC(=O)c4cc(Cl)cnc4C(F)(F)F)CC3)c3ccccc32)cn1. The molecule has 4 aromatic rings. The number of amides is 1. The number of benzene rings is 1. The topological polar surface area (TPSA) is 91.0 Å². The van der Waals surface area contributed by atoms with Gasteiger partial charge in [0.25, 0.3) is 5.91 Å². The van der Waals surface area contributed by atoms with Gasteiger partial charge in [-0.15, -0.1) is 0 Å². The molecule has 204 valence electrons. The summed E-state index contributed by atoms with van der Waals surface area (Å²) in [6.07, 6.45) is 0.217. The van der Waals surface area contributed by atoms with Crippen LogP contribution in [-0.2, 0) is 12.7 Å². The van der Waals surface area contributed by atoms with Gasteiger partial charge >= 0.3 is 11.9 Å². The Morgan fingerprint density at radius 1 is 1.08 bits per heavy atom. The first-order valence-electron chi connectivity index (χ1n) is 12.4. The van der Waals surface area contributed by atoms with E-state index in [1.165, 1.54) is 7.11 Å². The largest absolute Gasteiger partial charge is 0.481 e. The Kier molecular flexibility index (Phi) is 7.35. The first-order chi connectivity index (χ1) is 18.7. The van der Waals surface area contributed by atoms with Crippen molar-refractivity contribution >= 4 is 28.5 Å². The molecule has 1 aromatic carbocycles. The monoisotopic (exact) mass is 559 g/mol. The van der Waals surface area contributed by atoms with Crippen molar-refractivity contribution in [2.45, 2.75) is 44.4 Å². The minimum absolute atomic E-state index is 0.0492. The van der Waals surface area contributed by atoms with Crippen molar-refractivity contribution in [3.8, 4) is 11.6 Å². The van der Waals surface area contributed by atoms with E-state index in [1.807, 2.05) is 24.3 Å². The highest BCUT2D eigenvalue weighted by Gasteiger charge is 2.38. The number of carbonyl (C=O) groups is 1. The number of rotatable bonds is 6. The number of imidazole rings is 1. The molecule has 1 saturated carbocycles. The Morgan fingerprint density at radius 2 is 1.79 bits per heavy atom. The zero-order chi connectivity index (χ0) is 27.7. The van der Waals surface area contributed by atoms with Crippen molar-refractivity contribution < 1.29 is 22.7 Å². The lowest BCUT2D eigenvalue weighted by molar-refractivity contribution is -0.141. The molecule has 3 heterocycles. The number of nitrogens with one attached hydrogen (secondary N) is 1. The molecular formula is C27H25ClF3N5O3. The zero-order valence-electron chi connectivity index (χ0n) is 20.9. The summed E-state index contributed by atoms with van der Waals surface area (Å²) >= 11 is 5.81. The number of para-hydroxylation sites is 2. The molecular weight excluding hydrogens is 535 g/mol. The highest BCUT2D eigenvalue weighted by Crippen LogP contribution is 2.32. The van der Waals surface area contributed by atoms with E-state index in [1.54, 1.807) is 27.5 Å². The van der Waals surface area contributed by atoms with Crippen LogP contribution in [0, 0.1) is 5.92 Å². The number of nitrogens with zero attached hydrogens (tertiary/aromatic N) is 4. The average Bonchev–Trinajstić information content (AvgIpc) is 3.20. The van der Waals surface area contributed by atoms with Gasteiger partial charge in [-0.05, 0) is 55.9 Å². The third kappa shape index (κ3) is 5.49. The van der Waals surface area contributed by atoms with E-state index in [0.717, 1.165) is 23.3 Å². The summed E-state index contributed by atoms with van der Waals surface area (Å²) in [6, 6.07) is 11.7. The van der Waals surface area contributed by atoms with Gasteiger partial charge in [0, 0.05) is 24.8 Å². The molecule has 0 spiro atoms. The molecule has 0 saturated heterocycles. The van der Waals surface area contributed by atoms with Gasteiger partial charge in [0.1, 0.15) is 0 Å². The van der Waals surface area contributed by atoms with Crippen LogP contribution in [0.5, 0.6) is 5.88 Å². The predicted molar refractivity (Wildman–Crippen MR) is 139 cm³/mol. The average molecular weight is 560 g/mol. The number of carbonyl (C=O) groups excluding carboxylic acids is 1. The van der Waals surface area contributed by atoms with Crippen molar-refractivity contribution in [3.63, 3.8) is 0 Å². The second kappa shape index (κ2) is 10.7. The molecule has 0 unspecified atom stereocenters. The number of methoxy groups -OCH3 is 1. The third-order valence-corrected chi connectivity index (χ3v) is 7.22. The standard InChI is InChI=1S/C27H25ClF3N5O3/c1-39-23-11-10-19(14-32-23)36-22-5-3-2-4-21(22)35(26(36)38)15-16-6-8-18(9-7-16)34-25(37)20-12-17(28)13-33-24(20)27(29,30)31/h2-5,10-14,16,18H,6-9,15H2,1H3,(H,34,37)/t16-,18-. The van der Waals surface area contributed by atoms with Crippen LogP contribution in [0.1, 0.15) is 41.7 Å². The highest BCUT2D eigenvalue weighted by molar-refractivity contribution is 6.30. The maximum Gasteiger partial charge on any atom is 0.434 e. The number of hydrogen-bond donors (Lipinski definition) is 1. The molecule has 1 aliphatic rings. The van der Waals surface area contributed by atoms with Crippen LogP contribution >= 0.6 is 11.6 Å². The Balaban J connectivity index is 1.30. The normalized spacial score (nSPS) is 17.8. The lowest BCUT2D eigenvalue weighted by atomic mass is 9.85. The number of fused-ring (bicyclic) bond motifs is 1. The molecule has 0 bridgehead atoms. The Hall–Kier alpha value is -3.86. The first-order valence-corrected chi connectivity index (χ1v) is 12.8. The van der Waals surface area contributed by atoms with E-state index in [-0.39, 0.29) is 22.7 Å². The minimum Gasteiger partial charge on any atom is -0.481 e. The van der Waals surface area contributed by atoms with Gasteiger partial charge in [0.15, 0.2) is 5.69 Å². The van der Waals surface area contributed by atoms with Crippen molar-refractivity contribution in [2.24, 2.45) is 5.92 Å². The Morgan fingerprint density at radius 3 is 2.44 bits per heavy atom. The molecule has 1 N–H and O–H groups in total. The van der Waals surface area contributed by atoms with E-state index >= 15 is 0 Å². The number of ether oxygens (including phenoxy) is 1. The van der Waals surface area contributed by atoms with Crippen LogP contribution in [0.2, 0.25) is 5.02 Å². The second-order valence-electron chi connectivity index (χ2n) is 9.51. The Labute approximate surface area is 226 Å². The van der Waals surface area contributed by atoms with E-state index in [9.17, 15) is 22.8 Å². The summed E-state index contributed by atoms with van der Waals surface area (Å²) in [6.45, 7) is 0.479. The first kappa shape index (κ1) is 26.7. The van der Waals surface area contributed by atoms with Gasteiger partial charge in [-0.3, -0.25) is 13.9 Å². The zero-order valence-corrected chi connectivity index (χ0v) is 21.7. The van der Waals surface area contributed by atoms with Crippen molar-refractivity contribution in [2.75, 3.05) is 7.11 Å². The van der Waals surface area contributed by atoms with Gasteiger partial charge in [-0.2, -0.15) is 13.2 Å². The van der Waals surface area contributed by atoms with Crippen LogP contribution in [0.15, 0.2) is 59.7 Å². The van der Waals surface area contributed by atoms with Crippen LogP contribution in [0.3, 0.4) is 0 Å². The van der Waals surface area contributed by atoms with Gasteiger partial charge in [0.2, 0.25) is 5.88 Å². The van der Waals surface area contributed by atoms with E-state index < -0.39 is 23.3 Å². The third-order valence-electron chi connectivity index (χ3n) is 7.01. The van der Waals surface area contributed by atoms with Gasteiger partial charge < -0.3 is 10.1 Å². The van der Waals surface area contributed by atoms with Crippen molar-refractivity contribution in [3.05, 3.63) is 81.6 Å². The quantitative estimate of drug-likeness (QED) is 0.348. The number of halogens is 4. The number of pyridine rings is 2. The summed E-state index contributed by atoms with van der Waals surface area (Å²) in [5.74, 6) is -0.253. The molecule has 1 amide bonds. The van der Waals surface area contributed by atoms with Crippen LogP contribution in [0.25, 0.3) is 16.7 Å². The lowest BCUT2D eigenvalue weighted by Gasteiger charge is -2.29. The minimum atomic E-state index is -4.77. The summed E-state index contributed by atoms with van der Waals surface area (Å²) in [5.41, 5.74) is 0.126. The molecule has 5 rings (SSSR count). The van der Waals surface area contributed by atoms with E-state index in [2.05, 4.69) is 15.3 Å². The van der Waals surface area contributed by atoms with E-state index in [4.69, 9.17) is 16.3 Å². The van der Waals surface area contributed by atoms with Gasteiger partial charge in [0.05, 0.1) is 40.6 Å². The van der Waals surface area contributed by atoms with Crippen LogP contribution in [0.4, 0.5) is 13.2 Å². The Bertz CT molecular complexity index is 1560. The smallest absolute Gasteiger partial charge is 0.434 e. The van der Waals surface area contributed by atoms with E-state index in [0.29, 0.717) is 43.8 Å². The molecule has 0 radical (unpaired) electrons.